The molecular formula is C65H72N4O13S5. The Morgan fingerprint density at radius 2 is 1.14 bits per heavy atom. The van der Waals surface area contributed by atoms with Crippen LogP contribution in [0.1, 0.15) is 23.4 Å². The maximum atomic E-state index is 11.6. The van der Waals surface area contributed by atoms with Crippen LogP contribution >= 0.6 is 34.9 Å². The summed E-state index contributed by atoms with van der Waals surface area (Å²) in [5.74, 6) is -0.725. The number of para-hydroxylation sites is 2. The molecule has 1 aromatic heterocycles. The number of aryl methyl sites for hydroxylation is 1. The third kappa shape index (κ3) is 18.1. The van der Waals surface area contributed by atoms with Crippen LogP contribution in [0.4, 0.5) is 17.1 Å². The van der Waals surface area contributed by atoms with Gasteiger partial charge in [-0.15, -0.1) is 0 Å². The van der Waals surface area contributed by atoms with E-state index in [1.807, 2.05) is 54.6 Å². The van der Waals surface area contributed by atoms with Crippen LogP contribution in [0.25, 0.3) is 37.8 Å². The van der Waals surface area contributed by atoms with Crippen LogP contribution in [-0.2, 0) is 66.4 Å². The molecule has 10 rings (SSSR count). The summed E-state index contributed by atoms with van der Waals surface area (Å²) in [6.07, 6.45) is 11.5. The first kappa shape index (κ1) is 64.1. The lowest BCUT2D eigenvalue weighted by Crippen LogP contribution is -2.36. The average Bonchev–Trinajstić information content (AvgIpc) is 3.78. The second kappa shape index (κ2) is 32.0. The van der Waals surface area contributed by atoms with E-state index in [0.717, 1.165) is 80.9 Å². The number of ether oxygens (including phenoxy) is 7. The van der Waals surface area contributed by atoms with E-state index in [4.69, 9.17) is 33.2 Å². The van der Waals surface area contributed by atoms with Crippen molar-refractivity contribution in [1.82, 2.24) is 0 Å². The molecule has 0 saturated heterocycles. The summed E-state index contributed by atoms with van der Waals surface area (Å²) in [6.45, 7) is 8.61. The van der Waals surface area contributed by atoms with Gasteiger partial charge in [0.1, 0.15) is 9.73 Å². The van der Waals surface area contributed by atoms with Gasteiger partial charge in [0, 0.05) is 70.9 Å². The molecule has 1 N–H and O–H groups in total. The van der Waals surface area contributed by atoms with Crippen LogP contribution in [0.2, 0.25) is 0 Å². The molecule has 0 bridgehead atoms. The Morgan fingerprint density at radius 3 is 1.80 bits per heavy atom. The van der Waals surface area contributed by atoms with Crippen LogP contribution in [0, 0.1) is 0 Å². The molecule has 460 valence electrons. The molecule has 87 heavy (non-hydrogen) atoms. The topological polar surface area (TPSA) is 190 Å². The number of hydrogen-bond acceptors (Lipinski definition) is 18. The van der Waals surface area contributed by atoms with E-state index in [0.29, 0.717) is 119 Å². The van der Waals surface area contributed by atoms with Crippen molar-refractivity contribution in [3.8, 4) is 0 Å². The van der Waals surface area contributed by atoms with Crippen molar-refractivity contribution >= 4 is 110 Å². The van der Waals surface area contributed by atoms with Crippen molar-refractivity contribution in [2.24, 2.45) is 0 Å². The predicted octanol–water partition coefficient (Wildman–Crippen LogP) is 10.8. The van der Waals surface area contributed by atoms with E-state index in [1.165, 1.54) is 10.5 Å². The zero-order valence-electron chi connectivity index (χ0n) is 48.4. The van der Waals surface area contributed by atoms with Gasteiger partial charge in [0.15, 0.2) is 6.54 Å². The van der Waals surface area contributed by atoms with Gasteiger partial charge in [-0.05, 0) is 77.4 Å². The Balaban J connectivity index is 0.559. The number of thioether (sulfide) groups is 2. The van der Waals surface area contributed by atoms with Gasteiger partial charge in [0.25, 0.3) is 15.1 Å². The molecule has 0 aliphatic carbocycles. The maximum absolute atomic E-state index is 11.6. The van der Waals surface area contributed by atoms with E-state index in [2.05, 4.69) is 122 Å². The number of allylic oxidation sites excluding steroid dienone is 5. The van der Waals surface area contributed by atoms with Gasteiger partial charge >= 0.3 is 0 Å². The first-order valence-corrected chi connectivity index (χ1v) is 34.8. The molecule has 17 nitrogen and oxygen atoms in total. The molecule has 7 aromatic rings. The standard InChI is InChI=1S/C65H72N4O13S5/c70-86(71,72)47-11-29-68-62(84-59-27-25-50-13-1-4-17-54(50)64(59)68)22-9-16-53-49-52-15-3-6-19-56(52)66(53)31-33-76-35-37-78-39-41-80-43-45-82-46-44-81-42-40-79-38-36-77-34-32-67-57-20-7-8-21-58(57)83-61(67)23-10-24-63-69(30-12-48-87(73,74)75)65-55-18-5-2-14-51(55)26-28-60(65)85-63/h1-10,13-21,23-28H,11-12,29-49H2,(H-,70,71,72,73,74,75)/b53-16-. The SMILES string of the molecule is O=S(=O)([O-])CCC[n+]1c(/C=C/C=C2/Sc3ccccc3N2CCOCCOCCOCCOCCOCCOCCOCCN2/C(=C\C=C=C3Sc4ccc5ccccc5c4N3CCCS(=O)(=O)O)Cc3ccccc32)sc2ccc3ccccc3c21. The number of fused-ring (bicyclic) bond motifs is 8. The normalized spacial score (nSPS) is 15.1. The molecule has 3 aliphatic heterocycles. The number of benzene rings is 6. The largest absolute Gasteiger partial charge is 0.748 e. The monoisotopic (exact) mass is 1280 g/mol. The van der Waals surface area contributed by atoms with Gasteiger partial charge in [-0.3, -0.25) is 4.55 Å². The molecule has 0 saturated carbocycles. The van der Waals surface area contributed by atoms with Crippen LogP contribution in [0.5, 0.6) is 0 Å². The van der Waals surface area contributed by atoms with Crippen molar-refractivity contribution < 1.29 is 63.7 Å². The van der Waals surface area contributed by atoms with Crippen molar-refractivity contribution in [3.05, 3.63) is 178 Å². The molecule has 0 radical (unpaired) electrons. The molecule has 0 spiro atoms. The fourth-order valence-corrected chi connectivity index (χ4v) is 14.8. The predicted molar refractivity (Wildman–Crippen MR) is 347 cm³/mol. The van der Waals surface area contributed by atoms with E-state index in [1.54, 1.807) is 34.9 Å². The minimum Gasteiger partial charge on any atom is -0.748 e. The Hall–Kier alpha value is -5.89. The molecule has 6 aromatic carbocycles. The van der Waals surface area contributed by atoms with E-state index < -0.39 is 26.0 Å². The van der Waals surface area contributed by atoms with Gasteiger partial charge in [-0.25, -0.2) is 8.42 Å². The fraction of sp³-hybridized carbons (Fsp3) is 0.354. The first-order valence-electron chi connectivity index (χ1n) is 29.2. The molecule has 0 unspecified atom stereocenters. The molecular weight excluding hydrogens is 1210 g/mol. The minimum absolute atomic E-state index is 0.228. The second-order valence-electron chi connectivity index (χ2n) is 20.5. The van der Waals surface area contributed by atoms with Gasteiger partial charge in [-0.2, -0.15) is 13.0 Å². The number of rotatable bonds is 35. The van der Waals surface area contributed by atoms with Crippen molar-refractivity contribution in [2.45, 2.75) is 35.6 Å². The lowest BCUT2D eigenvalue weighted by molar-refractivity contribution is -0.667. The maximum Gasteiger partial charge on any atom is 0.264 e. The minimum atomic E-state index is -4.33. The van der Waals surface area contributed by atoms with Crippen LogP contribution < -0.4 is 19.3 Å². The third-order valence-corrected chi connectivity index (χ3v) is 19.4. The van der Waals surface area contributed by atoms with E-state index in [-0.39, 0.29) is 18.6 Å². The number of anilines is 3. The number of nitrogens with zero attached hydrogens (tertiary/aromatic N) is 4. The Kier molecular flexibility index (Phi) is 23.6. The highest BCUT2D eigenvalue weighted by molar-refractivity contribution is 8.04. The summed E-state index contributed by atoms with van der Waals surface area (Å²) in [4.78, 5) is 8.90. The molecule has 3 aliphatic rings. The zero-order chi connectivity index (χ0) is 60.3. The van der Waals surface area contributed by atoms with Gasteiger partial charge < -0.3 is 52.4 Å². The summed E-state index contributed by atoms with van der Waals surface area (Å²) >= 11 is 4.95. The molecule has 0 fully saturated rings. The highest BCUT2D eigenvalue weighted by Crippen LogP contribution is 2.49. The van der Waals surface area contributed by atoms with Crippen molar-refractivity contribution in [2.75, 3.05) is 138 Å². The number of thiazole rings is 1. The quantitative estimate of drug-likeness (QED) is 0.0171. The van der Waals surface area contributed by atoms with E-state index >= 15 is 0 Å². The average molecular weight is 1280 g/mol. The summed E-state index contributed by atoms with van der Waals surface area (Å²) < 4.78 is 111. The summed E-state index contributed by atoms with van der Waals surface area (Å²) in [5.41, 5.74) is 10.2. The Labute approximate surface area is 522 Å². The summed E-state index contributed by atoms with van der Waals surface area (Å²) in [6, 6.07) is 41.4. The third-order valence-electron chi connectivity index (χ3n) is 14.5. The fourth-order valence-electron chi connectivity index (χ4n) is 10.5. The number of aromatic nitrogens is 1. The molecule has 0 amide bonds. The van der Waals surface area contributed by atoms with Crippen LogP contribution in [0.15, 0.2) is 177 Å². The summed E-state index contributed by atoms with van der Waals surface area (Å²) in [7, 11) is -8.41. The van der Waals surface area contributed by atoms with Crippen molar-refractivity contribution in [3.63, 3.8) is 0 Å². The van der Waals surface area contributed by atoms with Gasteiger partial charge in [0.05, 0.1) is 130 Å². The van der Waals surface area contributed by atoms with Crippen LogP contribution in [-0.4, -0.2) is 150 Å². The Morgan fingerprint density at radius 1 is 0.563 bits per heavy atom. The van der Waals surface area contributed by atoms with Gasteiger partial charge in [-0.1, -0.05) is 132 Å². The molecule has 0 atom stereocenters. The highest BCUT2D eigenvalue weighted by atomic mass is 32.2. The second-order valence-corrected chi connectivity index (χ2v) is 26.7. The number of hydrogen-bond donors (Lipinski definition) is 1. The lowest BCUT2D eigenvalue weighted by Gasteiger charge is -2.21. The Bertz CT molecular complexity index is 3870. The van der Waals surface area contributed by atoms with Gasteiger partial charge in [0.2, 0.25) is 5.52 Å². The molecule has 22 heteroatoms. The lowest BCUT2D eigenvalue weighted by atomic mass is 10.1. The summed E-state index contributed by atoms with van der Waals surface area (Å²) in [5, 5.41) is 7.27. The smallest absolute Gasteiger partial charge is 0.264 e. The zero-order valence-corrected chi connectivity index (χ0v) is 52.5. The highest BCUT2D eigenvalue weighted by Gasteiger charge is 2.29. The molecule has 4 heterocycles. The van der Waals surface area contributed by atoms with Crippen molar-refractivity contribution in [1.29, 1.82) is 0 Å². The van der Waals surface area contributed by atoms with Crippen LogP contribution in [0.3, 0.4) is 0 Å². The first-order chi connectivity index (χ1) is 42.5. The van der Waals surface area contributed by atoms with E-state index in [9.17, 15) is 25.9 Å².